The number of anilines is 1. The van der Waals surface area contributed by atoms with Crippen molar-refractivity contribution in [2.24, 2.45) is 5.92 Å². The lowest BCUT2D eigenvalue weighted by atomic mass is 9.88. The van der Waals surface area contributed by atoms with E-state index in [-0.39, 0.29) is 22.5 Å². The second-order valence-corrected chi connectivity index (χ2v) is 11.1. The minimum absolute atomic E-state index is 0.0334. The Bertz CT molecular complexity index is 1150. The van der Waals surface area contributed by atoms with Crippen molar-refractivity contribution in [3.63, 3.8) is 0 Å². The molecule has 0 unspecified atom stereocenters. The van der Waals surface area contributed by atoms with Gasteiger partial charge in [0.1, 0.15) is 0 Å². The fraction of sp³-hybridized carbons (Fsp3) is 0.462. The van der Waals surface area contributed by atoms with Gasteiger partial charge in [0.25, 0.3) is 0 Å². The number of nitrogens with zero attached hydrogens (tertiary/aromatic N) is 2. The maximum Gasteiger partial charge on any atom is 0.243 e. The number of benzene rings is 2. The standard InChI is InChI=1S/C26H33N3O5S/c1-19-8-9-23(18-24(19)35(32,33)29-14-16-34-17-15-29)27-26(31)20(2)28-12-10-22(11-13-28)25(30)21-6-4-3-5-7-21/h3-9,18,20,22H,10-17H2,1-2H3,(H,27,31)/t20-/m1/s1. The van der Waals surface area contributed by atoms with Gasteiger partial charge in [-0.05, 0) is 57.5 Å². The lowest BCUT2D eigenvalue weighted by Gasteiger charge is -2.34. The van der Waals surface area contributed by atoms with Gasteiger partial charge in [-0.2, -0.15) is 4.31 Å². The van der Waals surface area contributed by atoms with Gasteiger partial charge < -0.3 is 10.1 Å². The van der Waals surface area contributed by atoms with Crippen molar-refractivity contribution in [1.29, 1.82) is 0 Å². The molecule has 8 nitrogen and oxygen atoms in total. The molecule has 2 aliphatic rings. The van der Waals surface area contributed by atoms with Crippen molar-refractivity contribution >= 4 is 27.4 Å². The Kier molecular flexibility index (Phi) is 8.01. The first-order valence-electron chi connectivity index (χ1n) is 12.1. The molecule has 0 aliphatic carbocycles. The Labute approximate surface area is 207 Å². The second-order valence-electron chi connectivity index (χ2n) is 9.20. The summed E-state index contributed by atoms with van der Waals surface area (Å²) in [6.07, 6.45) is 1.41. The number of hydrogen-bond acceptors (Lipinski definition) is 6. The molecule has 2 aliphatic heterocycles. The number of amides is 1. The van der Waals surface area contributed by atoms with Gasteiger partial charge in [0.05, 0.1) is 24.2 Å². The van der Waals surface area contributed by atoms with Crippen LogP contribution in [0.1, 0.15) is 35.7 Å². The van der Waals surface area contributed by atoms with Crippen LogP contribution < -0.4 is 5.32 Å². The highest BCUT2D eigenvalue weighted by Gasteiger charge is 2.31. The summed E-state index contributed by atoms with van der Waals surface area (Å²) >= 11 is 0. The lowest BCUT2D eigenvalue weighted by molar-refractivity contribution is -0.121. The van der Waals surface area contributed by atoms with Crippen LogP contribution in [-0.4, -0.2) is 74.7 Å². The molecule has 2 saturated heterocycles. The highest BCUT2D eigenvalue weighted by atomic mass is 32.2. The number of hydrogen-bond donors (Lipinski definition) is 1. The highest BCUT2D eigenvalue weighted by Crippen LogP contribution is 2.26. The summed E-state index contributed by atoms with van der Waals surface area (Å²) in [7, 11) is -3.67. The normalized spacial score (nSPS) is 19.3. The van der Waals surface area contributed by atoms with Crippen molar-refractivity contribution in [2.75, 3.05) is 44.7 Å². The van der Waals surface area contributed by atoms with E-state index in [4.69, 9.17) is 4.74 Å². The van der Waals surface area contributed by atoms with Crippen molar-refractivity contribution in [3.8, 4) is 0 Å². The van der Waals surface area contributed by atoms with Crippen LogP contribution >= 0.6 is 0 Å². The molecule has 2 heterocycles. The summed E-state index contributed by atoms with van der Waals surface area (Å²) in [6, 6.07) is 13.9. The molecule has 1 amide bonds. The van der Waals surface area contributed by atoms with Gasteiger partial charge in [0.15, 0.2) is 5.78 Å². The van der Waals surface area contributed by atoms with E-state index in [1.165, 1.54) is 10.4 Å². The average Bonchev–Trinajstić information content (AvgIpc) is 2.90. The minimum atomic E-state index is -3.67. The first kappa shape index (κ1) is 25.5. The number of piperidine rings is 1. The van der Waals surface area contributed by atoms with Gasteiger partial charge in [-0.15, -0.1) is 0 Å². The fourth-order valence-electron chi connectivity index (χ4n) is 4.68. The van der Waals surface area contributed by atoms with E-state index >= 15 is 0 Å². The minimum Gasteiger partial charge on any atom is -0.379 e. The predicted molar refractivity (Wildman–Crippen MR) is 134 cm³/mol. The molecule has 0 bridgehead atoms. The molecule has 0 spiro atoms. The topological polar surface area (TPSA) is 96.0 Å². The molecule has 0 radical (unpaired) electrons. The molecule has 0 saturated carbocycles. The van der Waals surface area contributed by atoms with Gasteiger partial charge in [0, 0.05) is 30.3 Å². The quantitative estimate of drug-likeness (QED) is 0.589. The Morgan fingerprint density at radius 3 is 2.31 bits per heavy atom. The summed E-state index contributed by atoms with van der Waals surface area (Å²) in [4.78, 5) is 28.0. The molecule has 2 aromatic carbocycles. The maximum absolute atomic E-state index is 13.1. The lowest BCUT2D eigenvalue weighted by Crippen LogP contribution is -2.47. The van der Waals surface area contributed by atoms with Crippen molar-refractivity contribution in [2.45, 2.75) is 37.6 Å². The van der Waals surface area contributed by atoms with Gasteiger partial charge >= 0.3 is 0 Å². The largest absolute Gasteiger partial charge is 0.379 e. The van der Waals surface area contributed by atoms with Crippen LogP contribution in [0, 0.1) is 12.8 Å². The highest BCUT2D eigenvalue weighted by molar-refractivity contribution is 7.89. The Balaban J connectivity index is 1.37. The molecule has 1 N–H and O–H groups in total. The number of carbonyl (C=O) groups excluding carboxylic acids is 2. The first-order chi connectivity index (χ1) is 16.8. The number of sulfonamides is 1. The summed E-state index contributed by atoms with van der Waals surface area (Å²) in [6.45, 7) is 6.29. The summed E-state index contributed by atoms with van der Waals surface area (Å²) in [5.41, 5.74) is 1.82. The number of Topliss-reactive ketones (excluding diaryl/α,β-unsaturated/α-hetero) is 1. The van der Waals surface area contributed by atoms with Crippen LogP contribution in [0.4, 0.5) is 5.69 Å². The van der Waals surface area contributed by atoms with Gasteiger partial charge in [-0.25, -0.2) is 8.42 Å². The zero-order chi connectivity index (χ0) is 25.0. The number of aryl methyl sites for hydroxylation is 1. The number of ether oxygens (including phenoxy) is 1. The van der Waals surface area contributed by atoms with Crippen LogP contribution in [0.2, 0.25) is 0 Å². The van der Waals surface area contributed by atoms with Crippen molar-refractivity contribution in [3.05, 3.63) is 59.7 Å². The number of carbonyl (C=O) groups is 2. The summed E-state index contributed by atoms with van der Waals surface area (Å²) in [5.74, 6) is -0.0682. The van der Waals surface area contributed by atoms with Crippen molar-refractivity contribution in [1.82, 2.24) is 9.21 Å². The first-order valence-corrected chi connectivity index (χ1v) is 13.5. The third-order valence-corrected chi connectivity index (χ3v) is 8.97. The number of ketones is 1. The number of rotatable bonds is 7. The molecule has 35 heavy (non-hydrogen) atoms. The van der Waals surface area contributed by atoms with E-state index in [9.17, 15) is 18.0 Å². The zero-order valence-electron chi connectivity index (χ0n) is 20.3. The van der Waals surface area contributed by atoms with Crippen LogP contribution in [0.15, 0.2) is 53.4 Å². The van der Waals surface area contributed by atoms with Crippen molar-refractivity contribution < 1.29 is 22.7 Å². The smallest absolute Gasteiger partial charge is 0.243 e. The van der Waals surface area contributed by atoms with E-state index in [1.54, 1.807) is 19.1 Å². The van der Waals surface area contributed by atoms with Gasteiger partial charge in [-0.1, -0.05) is 36.4 Å². The van der Waals surface area contributed by atoms with Gasteiger partial charge in [-0.3, -0.25) is 14.5 Å². The molecule has 188 valence electrons. The maximum atomic E-state index is 13.1. The second kappa shape index (κ2) is 11.0. The van der Waals surface area contributed by atoms with Crippen LogP contribution in [0.3, 0.4) is 0 Å². The molecule has 1 atom stereocenters. The Morgan fingerprint density at radius 2 is 1.66 bits per heavy atom. The fourth-order valence-corrected chi connectivity index (χ4v) is 6.34. The van der Waals surface area contributed by atoms with E-state index in [2.05, 4.69) is 10.2 Å². The van der Waals surface area contributed by atoms with Gasteiger partial charge in [0.2, 0.25) is 15.9 Å². The average molecular weight is 500 g/mol. The summed E-state index contributed by atoms with van der Waals surface area (Å²) in [5, 5.41) is 2.89. The van der Waals surface area contributed by atoms with Crippen LogP contribution in [0.5, 0.6) is 0 Å². The number of likely N-dealkylation sites (tertiary alicyclic amines) is 1. The Hall–Kier alpha value is -2.59. The van der Waals surface area contributed by atoms with E-state index in [1.807, 2.05) is 37.3 Å². The monoisotopic (exact) mass is 499 g/mol. The molecule has 4 rings (SSSR count). The molecule has 0 aromatic heterocycles. The summed E-state index contributed by atoms with van der Waals surface area (Å²) < 4.78 is 33.0. The molecule has 2 fully saturated rings. The molecule has 9 heteroatoms. The number of nitrogens with one attached hydrogen (secondary N) is 1. The molecular formula is C26H33N3O5S. The SMILES string of the molecule is Cc1ccc(NC(=O)[C@@H](C)N2CCC(C(=O)c3ccccc3)CC2)cc1S(=O)(=O)N1CCOCC1. The predicted octanol–water partition coefficient (Wildman–Crippen LogP) is 2.94. The van der Waals surface area contributed by atoms with E-state index < -0.39 is 16.1 Å². The Morgan fingerprint density at radius 1 is 1.00 bits per heavy atom. The van der Waals surface area contributed by atoms with Crippen LogP contribution in [0.25, 0.3) is 0 Å². The molecular weight excluding hydrogens is 466 g/mol. The molecule has 2 aromatic rings. The zero-order valence-corrected chi connectivity index (χ0v) is 21.1. The third-order valence-electron chi connectivity index (χ3n) is 6.93. The van der Waals surface area contributed by atoms with E-state index in [0.29, 0.717) is 63.5 Å². The third kappa shape index (κ3) is 5.81. The van der Waals surface area contributed by atoms with E-state index in [0.717, 1.165) is 5.56 Å². The van der Waals surface area contributed by atoms with Crippen LogP contribution in [-0.2, 0) is 19.6 Å². The number of morpholine rings is 1.